The van der Waals surface area contributed by atoms with Crippen LogP contribution in [0.3, 0.4) is 0 Å². The van der Waals surface area contributed by atoms with Gasteiger partial charge in [-0.25, -0.2) is 4.79 Å². The van der Waals surface area contributed by atoms with Crippen LogP contribution < -0.4 is 0 Å². The van der Waals surface area contributed by atoms with Crippen molar-refractivity contribution in [3.63, 3.8) is 0 Å². The number of hydrogen-bond acceptors (Lipinski definition) is 5. The lowest BCUT2D eigenvalue weighted by Crippen LogP contribution is -1.91. The fourth-order valence-corrected chi connectivity index (χ4v) is 1.31. The number of carbonyl (C=O) groups excluding carboxylic acids is 1. The van der Waals surface area contributed by atoms with Crippen molar-refractivity contribution < 1.29 is 14.7 Å². The van der Waals surface area contributed by atoms with Crippen molar-refractivity contribution in [1.29, 1.82) is 0 Å². The molecule has 2 aromatic rings. The van der Waals surface area contributed by atoms with Crippen LogP contribution in [0.15, 0.2) is 23.7 Å². The topological polar surface area (TPSA) is 80.2 Å². The van der Waals surface area contributed by atoms with Crippen molar-refractivity contribution in [2.75, 3.05) is 0 Å². The second-order valence-electron chi connectivity index (χ2n) is 2.18. The molecule has 2 aromatic heterocycles. The summed E-state index contributed by atoms with van der Waals surface area (Å²) in [6.07, 6.45) is 1.61. The molecule has 5 nitrogen and oxygen atoms in total. The zero-order valence-corrected chi connectivity index (χ0v) is 7.77. The highest BCUT2D eigenvalue weighted by Crippen LogP contribution is 2.09. The van der Waals surface area contributed by atoms with E-state index < -0.39 is 5.97 Å². The van der Waals surface area contributed by atoms with E-state index in [1.165, 1.54) is 11.5 Å². The minimum atomic E-state index is -1.43. The van der Waals surface area contributed by atoms with E-state index in [4.69, 9.17) is 14.7 Å². The van der Waals surface area contributed by atoms with Crippen LogP contribution in [0.2, 0.25) is 0 Å². The Bertz CT molecular complexity index is 411. The van der Waals surface area contributed by atoms with Gasteiger partial charge in [-0.15, -0.1) is 0 Å². The maximum Gasteiger partial charge on any atom is 0.368 e. The van der Waals surface area contributed by atoms with Crippen molar-refractivity contribution in [2.45, 2.75) is 0 Å². The summed E-state index contributed by atoms with van der Waals surface area (Å²) in [6, 6.07) is 3.85. The van der Waals surface area contributed by atoms with E-state index in [1.54, 1.807) is 6.20 Å². The van der Waals surface area contributed by atoms with E-state index in [9.17, 15) is 0 Å². The van der Waals surface area contributed by atoms with Crippen LogP contribution in [0.5, 0.6) is 0 Å². The number of carbonyl (C=O) groups is 2. The van der Waals surface area contributed by atoms with Gasteiger partial charge >= 0.3 is 5.97 Å². The number of pyridine rings is 1. The number of carboxylic acid groups (broad SMARTS) is 1. The molecule has 0 bridgehead atoms. The third-order valence-electron chi connectivity index (χ3n) is 1.23. The minimum Gasteiger partial charge on any atom is -0.476 e. The van der Waals surface area contributed by atoms with Gasteiger partial charge in [-0.2, -0.15) is 4.37 Å². The van der Waals surface area contributed by atoms with Gasteiger partial charge < -0.3 is 5.11 Å². The molecular formula is C8H6N2O3S. The van der Waals surface area contributed by atoms with E-state index in [1.807, 2.05) is 17.5 Å². The molecule has 6 heteroatoms. The zero-order valence-electron chi connectivity index (χ0n) is 6.95. The van der Waals surface area contributed by atoms with Crippen molar-refractivity contribution >= 4 is 34.8 Å². The Balaban J connectivity index is 0.000000171. The Morgan fingerprint density at radius 3 is 2.79 bits per heavy atom. The highest BCUT2D eigenvalue weighted by atomic mass is 32.1. The monoisotopic (exact) mass is 210 g/mol. The molecule has 0 saturated carbocycles. The lowest BCUT2D eigenvalue weighted by molar-refractivity contribution is -0.143. The molecule has 0 radical (unpaired) electrons. The lowest BCUT2D eigenvalue weighted by atomic mass is 10.4. The number of nitrogens with zero attached hydrogens (tertiary/aromatic N) is 2. The molecule has 0 aromatic carbocycles. The maximum absolute atomic E-state index is 9.00. The van der Waals surface area contributed by atoms with Crippen LogP contribution in [0.4, 0.5) is 0 Å². The Morgan fingerprint density at radius 1 is 1.50 bits per heavy atom. The van der Waals surface area contributed by atoms with Gasteiger partial charge in [-0.1, -0.05) is 0 Å². The lowest BCUT2D eigenvalue weighted by Gasteiger charge is -1.80. The van der Waals surface area contributed by atoms with E-state index >= 15 is 0 Å². The van der Waals surface area contributed by atoms with Crippen LogP contribution in [0.25, 0.3) is 11.0 Å². The summed E-state index contributed by atoms with van der Waals surface area (Å²) in [7, 11) is 0. The summed E-state index contributed by atoms with van der Waals surface area (Å²) in [6.45, 7) is 0. The van der Waals surface area contributed by atoms with Gasteiger partial charge in [-0.3, -0.25) is 9.78 Å². The molecule has 2 heterocycles. The Hall–Kier alpha value is -1.82. The molecule has 72 valence electrons. The summed E-state index contributed by atoms with van der Waals surface area (Å²) in [4.78, 5) is 22.0. The van der Waals surface area contributed by atoms with E-state index in [-0.39, 0.29) is 6.29 Å². The van der Waals surface area contributed by atoms with Crippen molar-refractivity contribution in [2.24, 2.45) is 0 Å². The molecule has 0 unspecified atom stereocenters. The number of aliphatic carboxylic acids is 1. The average Bonchev–Trinajstić information content (AvgIpc) is 2.66. The first-order chi connectivity index (χ1) is 6.74. The number of carboxylic acids is 1. The highest BCUT2D eigenvalue weighted by molar-refractivity contribution is 7.04. The minimum absolute atomic E-state index is 0.167. The van der Waals surface area contributed by atoms with Gasteiger partial charge in [0.25, 0.3) is 0 Å². The highest BCUT2D eigenvalue weighted by Gasteiger charge is 1.91. The van der Waals surface area contributed by atoms with Gasteiger partial charge in [0, 0.05) is 11.6 Å². The molecule has 0 aliphatic heterocycles. The van der Waals surface area contributed by atoms with Gasteiger partial charge in [0.1, 0.15) is 11.0 Å². The van der Waals surface area contributed by atoms with E-state index in [0.29, 0.717) is 0 Å². The first kappa shape index (κ1) is 10.3. The SMILES string of the molecule is O=CC(=O)O.c1cnc2csnc2c1. The third-order valence-corrected chi connectivity index (χ3v) is 1.86. The van der Waals surface area contributed by atoms with Crippen LogP contribution in [-0.4, -0.2) is 26.7 Å². The zero-order chi connectivity index (χ0) is 10.4. The second-order valence-corrected chi connectivity index (χ2v) is 2.81. The largest absolute Gasteiger partial charge is 0.476 e. The van der Waals surface area contributed by atoms with E-state index in [0.717, 1.165) is 11.0 Å². The second kappa shape index (κ2) is 5.03. The summed E-state index contributed by atoms with van der Waals surface area (Å²) in [5.41, 5.74) is 1.98. The average molecular weight is 210 g/mol. The van der Waals surface area contributed by atoms with Gasteiger partial charge in [-0.05, 0) is 23.7 Å². The Labute approximate surface area is 83.2 Å². The molecule has 0 aliphatic rings. The summed E-state index contributed by atoms with van der Waals surface area (Å²) < 4.78 is 4.10. The van der Waals surface area contributed by atoms with Gasteiger partial charge in [0.15, 0.2) is 0 Å². The number of fused-ring (bicyclic) bond motifs is 1. The molecule has 0 fully saturated rings. The molecule has 1 N–H and O–H groups in total. The molecule has 0 aliphatic carbocycles. The molecule has 0 atom stereocenters. The number of aromatic nitrogens is 2. The standard InChI is InChI=1S/C6H4N2S.C2H2O3/c1-2-5-6(7-3-1)4-9-8-5;3-1-2(4)5/h1-4H;1H,(H,4,5). The Morgan fingerprint density at radius 2 is 2.21 bits per heavy atom. The molecule has 0 spiro atoms. The summed E-state index contributed by atoms with van der Waals surface area (Å²) >= 11 is 1.44. The fourth-order valence-electron chi connectivity index (χ4n) is 0.710. The quantitative estimate of drug-likeness (QED) is 0.560. The summed E-state index contributed by atoms with van der Waals surface area (Å²) in [5.74, 6) is -1.43. The number of aldehydes is 1. The predicted molar refractivity (Wildman–Crippen MR) is 51.1 cm³/mol. The van der Waals surface area contributed by atoms with Crippen molar-refractivity contribution in [3.05, 3.63) is 23.7 Å². The normalized spacial score (nSPS) is 8.86. The first-order valence-corrected chi connectivity index (χ1v) is 4.41. The van der Waals surface area contributed by atoms with Crippen molar-refractivity contribution in [3.8, 4) is 0 Å². The molecular weight excluding hydrogens is 204 g/mol. The van der Waals surface area contributed by atoms with E-state index in [2.05, 4.69) is 9.36 Å². The molecule has 0 amide bonds. The summed E-state index contributed by atoms with van der Waals surface area (Å²) in [5, 5.41) is 9.29. The van der Waals surface area contributed by atoms with Crippen LogP contribution in [0.1, 0.15) is 0 Å². The fraction of sp³-hybridized carbons (Fsp3) is 0. The molecule has 0 saturated heterocycles. The van der Waals surface area contributed by atoms with Gasteiger partial charge in [0.05, 0.1) is 0 Å². The first-order valence-electron chi connectivity index (χ1n) is 3.57. The van der Waals surface area contributed by atoms with Crippen LogP contribution in [0, 0.1) is 0 Å². The number of hydrogen-bond donors (Lipinski definition) is 1. The van der Waals surface area contributed by atoms with Crippen LogP contribution in [-0.2, 0) is 9.59 Å². The smallest absolute Gasteiger partial charge is 0.368 e. The van der Waals surface area contributed by atoms with Crippen LogP contribution >= 0.6 is 11.5 Å². The van der Waals surface area contributed by atoms with Gasteiger partial charge in [0.2, 0.25) is 6.29 Å². The van der Waals surface area contributed by atoms with Crippen molar-refractivity contribution in [1.82, 2.24) is 9.36 Å². The Kier molecular flexibility index (Phi) is 3.69. The number of rotatable bonds is 1. The predicted octanol–water partition coefficient (Wildman–Crippen LogP) is 0.961. The third kappa shape index (κ3) is 2.91. The molecule has 14 heavy (non-hydrogen) atoms. The maximum atomic E-state index is 9.00. The molecule has 2 rings (SSSR count).